The SMILES string of the molecule is [Pt+2].[c-]1c([Si](c2[c-]c3c(cc2)c2c4c(ccc2n3-c2ccccn2)oc2ccccc24)(c2ccccc2)c2ccccc2)ccc2c1c1nccn1c1ccccc21. The van der Waals surface area contributed by atoms with Crippen LogP contribution in [0.5, 0.6) is 0 Å². The Morgan fingerprint density at radius 3 is 1.95 bits per heavy atom. The van der Waals surface area contributed by atoms with Crippen LogP contribution < -0.4 is 20.7 Å². The fourth-order valence-electron chi connectivity index (χ4n) is 9.21. The Bertz CT molecular complexity index is 3450. The Kier molecular flexibility index (Phi) is 7.68. The van der Waals surface area contributed by atoms with Crippen LogP contribution in [0.25, 0.3) is 76.9 Å². The van der Waals surface area contributed by atoms with Gasteiger partial charge in [-0.05, 0) is 57.5 Å². The summed E-state index contributed by atoms with van der Waals surface area (Å²) in [6.07, 6.45) is 5.80. The maximum Gasteiger partial charge on any atom is 2.00 e. The zero-order valence-electron chi connectivity index (χ0n) is 30.3. The van der Waals surface area contributed by atoms with Gasteiger partial charge in [0.05, 0.1) is 5.65 Å². The van der Waals surface area contributed by atoms with Crippen molar-refractivity contribution >= 4 is 99.9 Å². The quantitative estimate of drug-likeness (QED) is 0.0750. The summed E-state index contributed by atoms with van der Waals surface area (Å²) in [6, 6.07) is 66.6. The van der Waals surface area contributed by atoms with Crippen molar-refractivity contribution < 1.29 is 25.5 Å². The summed E-state index contributed by atoms with van der Waals surface area (Å²) in [6.45, 7) is 0. The predicted octanol–water partition coefficient (Wildman–Crippen LogP) is 9.01. The van der Waals surface area contributed by atoms with Crippen molar-refractivity contribution in [3.8, 4) is 5.82 Å². The number of imidazole rings is 1. The van der Waals surface area contributed by atoms with Crippen LogP contribution in [0.2, 0.25) is 0 Å². The Morgan fingerprint density at radius 1 is 0.491 bits per heavy atom. The van der Waals surface area contributed by atoms with E-state index in [1.54, 1.807) is 0 Å². The second kappa shape index (κ2) is 13.0. The van der Waals surface area contributed by atoms with Crippen LogP contribution in [0.15, 0.2) is 187 Å². The molecule has 0 unspecified atom stereocenters. The van der Waals surface area contributed by atoms with Gasteiger partial charge in [0.2, 0.25) is 0 Å². The van der Waals surface area contributed by atoms with Gasteiger partial charge in [-0.15, -0.1) is 34.2 Å². The van der Waals surface area contributed by atoms with Crippen molar-refractivity contribution in [2.75, 3.05) is 0 Å². The molecule has 270 valence electrons. The van der Waals surface area contributed by atoms with Crippen LogP contribution in [0.3, 0.4) is 0 Å². The molecule has 7 heteroatoms. The first kappa shape index (κ1) is 33.7. The largest absolute Gasteiger partial charge is 2.00 e. The summed E-state index contributed by atoms with van der Waals surface area (Å²) in [4.78, 5) is 9.83. The molecule has 12 rings (SSSR count). The summed E-state index contributed by atoms with van der Waals surface area (Å²) in [5.74, 6) is 0.839. The van der Waals surface area contributed by atoms with Crippen LogP contribution in [-0.2, 0) is 21.1 Å². The molecule has 12 aromatic rings. The molecular formula is C50H30N4OPtSi. The third-order valence-corrected chi connectivity index (χ3v) is 16.1. The van der Waals surface area contributed by atoms with Gasteiger partial charge in [-0.3, -0.25) is 4.98 Å². The minimum atomic E-state index is -3.13. The fourth-order valence-corrected chi connectivity index (χ4v) is 13.7. The molecule has 0 aliphatic carbocycles. The van der Waals surface area contributed by atoms with Gasteiger partial charge in [0.25, 0.3) is 0 Å². The van der Waals surface area contributed by atoms with Crippen molar-refractivity contribution in [3.05, 3.63) is 195 Å². The molecule has 0 spiro atoms. The van der Waals surface area contributed by atoms with E-state index in [-0.39, 0.29) is 21.1 Å². The molecule has 5 aromatic heterocycles. The average molecular weight is 926 g/mol. The number of hydrogen-bond donors (Lipinski definition) is 0. The minimum absolute atomic E-state index is 0. The summed E-state index contributed by atoms with van der Waals surface area (Å²) >= 11 is 0. The van der Waals surface area contributed by atoms with Gasteiger partial charge in [0.15, 0.2) is 0 Å². The molecule has 0 aliphatic heterocycles. The van der Waals surface area contributed by atoms with E-state index in [0.717, 1.165) is 81.9 Å². The number of hydrogen-bond acceptors (Lipinski definition) is 3. The van der Waals surface area contributed by atoms with Crippen LogP contribution in [-0.4, -0.2) is 27.0 Å². The zero-order chi connectivity index (χ0) is 36.8. The maximum atomic E-state index is 6.42. The zero-order valence-corrected chi connectivity index (χ0v) is 33.6. The number of pyridine rings is 2. The van der Waals surface area contributed by atoms with Crippen molar-refractivity contribution in [2.45, 2.75) is 0 Å². The van der Waals surface area contributed by atoms with Gasteiger partial charge in [-0.25, -0.2) is 4.98 Å². The van der Waals surface area contributed by atoms with E-state index in [0.29, 0.717) is 0 Å². The van der Waals surface area contributed by atoms with Gasteiger partial charge in [0, 0.05) is 40.4 Å². The van der Waals surface area contributed by atoms with Gasteiger partial charge in [0.1, 0.15) is 25.1 Å². The second-order valence-electron chi connectivity index (χ2n) is 14.4. The molecule has 5 nitrogen and oxygen atoms in total. The Morgan fingerprint density at radius 2 is 1.18 bits per heavy atom. The van der Waals surface area contributed by atoms with E-state index < -0.39 is 8.07 Å². The van der Waals surface area contributed by atoms with Gasteiger partial charge >= 0.3 is 21.1 Å². The molecule has 0 fully saturated rings. The Labute approximate surface area is 342 Å². The van der Waals surface area contributed by atoms with Gasteiger partial charge in [-0.2, -0.15) is 23.4 Å². The molecule has 0 saturated carbocycles. The number of nitrogens with zero attached hydrogens (tertiary/aromatic N) is 4. The van der Waals surface area contributed by atoms with Crippen LogP contribution in [0, 0.1) is 12.1 Å². The Hall–Kier alpha value is -6.59. The van der Waals surface area contributed by atoms with Gasteiger partial charge in [-0.1, -0.05) is 114 Å². The number of fused-ring (bicyclic) bond motifs is 13. The van der Waals surface area contributed by atoms with Crippen molar-refractivity contribution in [3.63, 3.8) is 0 Å². The normalized spacial score (nSPS) is 12.1. The van der Waals surface area contributed by atoms with Crippen LogP contribution >= 0.6 is 0 Å². The van der Waals surface area contributed by atoms with Crippen LogP contribution in [0.1, 0.15) is 0 Å². The molecule has 57 heavy (non-hydrogen) atoms. The minimum Gasteiger partial charge on any atom is -0.456 e. The number of rotatable bonds is 5. The third kappa shape index (κ3) is 4.78. The average Bonchev–Trinajstić information content (AvgIpc) is 4.00. The molecule has 0 N–H and O–H groups in total. The first-order valence-electron chi connectivity index (χ1n) is 18.8. The van der Waals surface area contributed by atoms with Crippen molar-refractivity contribution in [2.24, 2.45) is 0 Å². The number of para-hydroxylation sites is 2. The maximum absolute atomic E-state index is 6.42. The summed E-state index contributed by atoms with van der Waals surface area (Å²) in [7, 11) is -3.13. The molecular weight excluding hydrogens is 896 g/mol. The number of aromatic nitrogens is 4. The van der Waals surface area contributed by atoms with E-state index >= 15 is 0 Å². The smallest absolute Gasteiger partial charge is 0.456 e. The van der Waals surface area contributed by atoms with E-state index in [1.807, 2.05) is 36.7 Å². The molecule has 0 amide bonds. The number of furan rings is 1. The second-order valence-corrected chi connectivity index (χ2v) is 18.1. The van der Waals surface area contributed by atoms with E-state index in [9.17, 15) is 0 Å². The monoisotopic (exact) mass is 925 g/mol. The molecule has 0 radical (unpaired) electrons. The predicted molar refractivity (Wildman–Crippen MR) is 231 cm³/mol. The topological polar surface area (TPSA) is 48.3 Å². The summed E-state index contributed by atoms with van der Waals surface area (Å²) < 4.78 is 10.9. The third-order valence-electron chi connectivity index (χ3n) is 11.5. The molecule has 0 bridgehead atoms. The van der Waals surface area contributed by atoms with Crippen LogP contribution in [0.4, 0.5) is 0 Å². The van der Waals surface area contributed by atoms with Gasteiger partial charge < -0.3 is 13.4 Å². The summed E-state index contributed by atoms with van der Waals surface area (Å²) in [5.41, 5.74) is 5.80. The van der Waals surface area contributed by atoms with E-state index in [4.69, 9.17) is 14.4 Å². The molecule has 7 aromatic carbocycles. The molecule has 0 saturated heterocycles. The number of benzene rings is 7. The fraction of sp³-hybridized carbons (Fsp3) is 0. The standard InChI is InChI=1S/C50H30N4OSi.Pt/c1-3-13-33(14-4-1)56(34-15-5-2-6-16-34,35-22-24-37-38-17-7-9-19-42(38)53-30-29-52-50(53)41(37)31-35)36-23-25-39-44(32-36)54(47-21-11-12-28-51-47)43-26-27-46-49(48(39)43)40-18-8-10-20-45(40)55-46;/h1-30H;/q-2;+2. The first-order valence-corrected chi connectivity index (χ1v) is 20.8. The Balaban J connectivity index is 0.00000374. The molecule has 0 atom stereocenters. The summed E-state index contributed by atoms with van der Waals surface area (Å²) in [5, 5.41) is 12.5. The first-order chi connectivity index (χ1) is 27.8. The molecule has 5 heterocycles. The van der Waals surface area contributed by atoms with Crippen molar-refractivity contribution in [1.82, 2.24) is 18.9 Å². The van der Waals surface area contributed by atoms with E-state index in [1.165, 1.54) is 15.8 Å². The van der Waals surface area contributed by atoms with Crippen molar-refractivity contribution in [1.29, 1.82) is 0 Å². The molecule has 0 aliphatic rings. The van der Waals surface area contributed by atoms with E-state index in [2.05, 4.69) is 167 Å².